The molecule has 1 aliphatic rings. The number of rotatable bonds is 6. The average molecular weight is 519 g/mol. The molecule has 3 aromatic heterocycles. The van der Waals surface area contributed by atoms with Gasteiger partial charge in [-0.15, -0.1) is 11.3 Å². The van der Waals surface area contributed by atoms with Gasteiger partial charge in [-0.1, -0.05) is 0 Å². The summed E-state index contributed by atoms with van der Waals surface area (Å²) in [5.74, 6) is 0.476. The molecule has 1 aromatic carbocycles. The van der Waals surface area contributed by atoms with Crippen molar-refractivity contribution in [3.63, 3.8) is 0 Å². The molecule has 1 aliphatic heterocycles. The first-order valence-corrected chi connectivity index (χ1v) is 12.7. The van der Waals surface area contributed by atoms with Crippen LogP contribution in [-0.2, 0) is 11.3 Å². The highest BCUT2D eigenvalue weighted by Gasteiger charge is 2.35. The molecule has 0 radical (unpaired) electrons. The fourth-order valence-electron chi connectivity index (χ4n) is 3.70. The second-order valence-corrected chi connectivity index (χ2v) is 11.0. The van der Waals surface area contributed by atoms with Crippen molar-refractivity contribution in [2.24, 2.45) is 0 Å². The molecule has 180 valence electrons. The Balaban J connectivity index is 1.48. The van der Waals surface area contributed by atoms with Gasteiger partial charge in [-0.05, 0) is 29.8 Å². The first-order chi connectivity index (χ1) is 17.0. The molecule has 3 N–H and O–H groups in total. The number of halogens is 1. The molecule has 0 spiro atoms. The SMILES string of the molecule is BC(B)(O)C(B)(B)OCc1cnc(Cl)nc1Oc1ccc2c(ccc3sc4c(c32)NCCNC4=O)n1. The number of aromatic nitrogens is 3. The first kappa shape index (κ1) is 24.9. The van der Waals surface area contributed by atoms with E-state index in [1.54, 1.807) is 37.5 Å². The summed E-state index contributed by atoms with van der Waals surface area (Å²) in [4.78, 5) is 26.1. The highest BCUT2D eigenvalue weighted by molar-refractivity contribution is 7.21. The molecule has 1 amide bonds. The minimum absolute atomic E-state index is 0.0308. The Hall–Kier alpha value is -2.79. The Morgan fingerprint density at radius 3 is 2.67 bits per heavy atom. The van der Waals surface area contributed by atoms with Crippen LogP contribution in [-0.4, -0.2) is 81.2 Å². The number of anilines is 1. The summed E-state index contributed by atoms with van der Waals surface area (Å²) in [5.41, 5.74) is 2.11. The lowest BCUT2D eigenvalue weighted by Crippen LogP contribution is -2.58. The maximum Gasteiger partial charge on any atom is 0.263 e. The van der Waals surface area contributed by atoms with Gasteiger partial charge in [0.05, 0.1) is 23.4 Å². The van der Waals surface area contributed by atoms with E-state index in [4.69, 9.17) is 21.1 Å². The van der Waals surface area contributed by atoms with Crippen molar-refractivity contribution in [2.75, 3.05) is 18.4 Å². The number of carbonyl (C=O) groups excluding carboxylic acids is 1. The van der Waals surface area contributed by atoms with Crippen LogP contribution < -0.4 is 15.4 Å². The van der Waals surface area contributed by atoms with Crippen molar-refractivity contribution in [2.45, 2.75) is 17.4 Å². The molecule has 0 unspecified atom stereocenters. The van der Waals surface area contributed by atoms with Crippen molar-refractivity contribution >= 4 is 86.9 Å². The van der Waals surface area contributed by atoms with Crippen LogP contribution in [0, 0.1) is 0 Å². The third kappa shape index (κ3) is 4.66. The van der Waals surface area contributed by atoms with Crippen molar-refractivity contribution < 1.29 is 19.4 Å². The Morgan fingerprint density at radius 2 is 1.89 bits per heavy atom. The van der Waals surface area contributed by atoms with E-state index >= 15 is 0 Å². The van der Waals surface area contributed by atoms with Gasteiger partial charge < -0.3 is 25.2 Å². The molecule has 5 rings (SSSR count). The molecule has 4 aromatic rings. The second-order valence-electron chi connectivity index (χ2n) is 9.57. The van der Waals surface area contributed by atoms with Crippen LogP contribution in [0.4, 0.5) is 5.69 Å². The number of hydrogen-bond donors (Lipinski definition) is 3. The predicted molar refractivity (Wildman–Crippen MR) is 152 cm³/mol. The Labute approximate surface area is 220 Å². The lowest BCUT2D eigenvalue weighted by Gasteiger charge is -2.38. The van der Waals surface area contributed by atoms with E-state index in [0.717, 1.165) is 21.2 Å². The summed E-state index contributed by atoms with van der Waals surface area (Å²) in [6.07, 6.45) is 1.53. The minimum atomic E-state index is -1.07. The van der Waals surface area contributed by atoms with Crippen molar-refractivity contribution in [1.82, 2.24) is 20.3 Å². The normalized spacial score (nSPS) is 14.2. The zero-order chi connectivity index (χ0) is 25.7. The van der Waals surface area contributed by atoms with Crippen molar-refractivity contribution in [1.29, 1.82) is 0 Å². The summed E-state index contributed by atoms with van der Waals surface area (Å²) >= 11 is 7.50. The van der Waals surface area contributed by atoms with E-state index in [1.807, 2.05) is 18.2 Å². The van der Waals surface area contributed by atoms with E-state index in [2.05, 4.69) is 25.6 Å². The number of benzene rings is 1. The van der Waals surface area contributed by atoms with Gasteiger partial charge in [0, 0.05) is 51.6 Å². The lowest BCUT2D eigenvalue weighted by molar-refractivity contribution is -0.0129. The predicted octanol–water partition coefficient (Wildman–Crippen LogP) is -0.811. The Bertz CT molecular complexity index is 1500. The van der Waals surface area contributed by atoms with E-state index in [0.29, 0.717) is 34.9 Å². The average Bonchev–Trinajstić information content (AvgIpc) is 3.10. The van der Waals surface area contributed by atoms with Crippen LogP contribution >= 0.6 is 22.9 Å². The molecule has 9 nitrogen and oxygen atoms in total. The molecule has 0 bridgehead atoms. The monoisotopic (exact) mass is 519 g/mol. The molecule has 4 heterocycles. The van der Waals surface area contributed by atoms with Gasteiger partial charge in [-0.2, -0.15) is 4.98 Å². The van der Waals surface area contributed by atoms with Crippen LogP contribution in [0.2, 0.25) is 5.28 Å². The van der Waals surface area contributed by atoms with Crippen molar-refractivity contribution in [3.8, 4) is 11.8 Å². The Morgan fingerprint density at radius 1 is 1.11 bits per heavy atom. The standard InChI is InChI=1S/C21H22B4ClN5O4S/c22-20(23,33)21(24,25)34-8-9-7-29-19(26)31-18(9)35-13-4-1-10-11(30-13)2-3-12-14(10)15-16(36-12)17(32)28-6-5-27-15/h1-4,7,27,33H,5-6,8,22-25H2,(H,28,32). The van der Waals surface area contributed by atoms with Crippen LogP contribution in [0.5, 0.6) is 11.8 Å². The maximum atomic E-state index is 12.5. The lowest BCUT2D eigenvalue weighted by atomic mass is 9.42. The van der Waals surface area contributed by atoms with E-state index in [1.165, 1.54) is 17.5 Å². The van der Waals surface area contributed by atoms with Gasteiger partial charge in [0.25, 0.3) is 5.91 Å². The molecular weight excluding hydrogens is 497 g/mol. The summed E-state index contributed by atoms with van der Waals surface area (Å²) in [6.45, 7) is 1.33. The van der Waals surface area contributed by atoms with E-state index in [-0.39, 0.29) is 23.7 Å². The molecule has 0 atom stereocenters. The van der Waals surface area contributed by atoms with Gasteiger partial charge in [0.1, 0.15) is 36.3 Å². The number of amides is 1. The third-order valence-electron chi connectivity index (χ3n) is 6.47. The number of aliphatic hydroxyl groups is 1. The molecule has 15 heteroatoms. The number of pyridine rings is 1. The molecule has 0 aliphatic carbocycles. The summed E-state index contributed by atoms with van der Waals surface area (Å²) in [5, 5.41) is 16.7. The topological polar surface area (TPSA) is 118 Å². The van der Waals surface area contributed by atoms with Gasteiger partial charge in [0.15, 0.2) is 0 Å². The van der Waals surface area contributed by atoms with E-state index < -0.39 is 10.8 Å². The summed E-state index contributed by atoms with van der Waals surface area (Å²) < 4.78 is 13.0. The van der Waals surface area contributed by atoms with Crippen LogP contribution in [0.1, 0.15) is 15.2 Å². The number of ether oxygens (including phenoxy) is 2. The maximum absolute atomic E-state index is 12.5. The van der Waals surface area contributed by atoms with Gasteiger partial charge in [-0.3, -0.25) is 4.79 Å². The number of nitrogens with one attached hydrogen (secondary N) is 2. The fourth-order valence-corrected chi connectivity index (χ4v) is 4.94. The molecule has 0 saturated heterocycles. The van der Waals surface area contributed by atoms with Gasteiger partial charge in [0.2, 0.25) is 17.0 Å². The van der Waals surface area contributed by atoms with Gasteiger partial charge in [-0.25, -0.2) is 9.97 Å². The number of hydrogen-bond acceptors (Lipinski definition) is 9. The smallest absolute Gasteiger partial charge is 0.263 e. The third-order valence-corrected chi connectivity index (χ3v) is 7.81. The van der Waals surface area contributed by atoms with Crippen LogP contribution in [0.15, 0.2) is 30.5 Å². The second kappa shape index (κ2) is 9.26. The number of nitrogens with zero attached hydrogens (tertiary/aromatic N) is 3. The quantitative estimate of drug-likeness (QED) is 0.224. The van der Waals surface area contributed by atoms with Crippen LogP contribution in [0.3, 0.4) is 0 Å². The number of carbonyl (C=O) groups is 1. The summed E-state index contributed by atoms with van der Waals surface area (Å²) in [7, 11) is 6.99. The number of fused-ring (bicyclic) bond motifs is 5. The highest BCUT2D eigenvalue weighted by Crippen LogP contribution is 2.41. The molecule has 0 fully saturated rings. The van der Waals surface area contributed by atoms with Crippen molar-refractivity contribution in [3.05, 3.63) is 46.2 Å². The zero-order valence-corrected chi connectivity index (χ0v) is 21.9. The van der Waals surface area contributed by atoms with E-state index in [9.17, 15) is 9.90 Å². The zero-order valence-electron chi connectivity index (χ0n) is 20.3. The Kier molecular flexibility index (Phi) is 6.40. The van der Waals surface area contributed by atoms with Gasteiger partial charge >= 0.3 is 0 Å². The summed E-state index contributed by atoms with van der Waals surface area (Å²) in [6, 6.07) is 7.54. The first-order valence-electron chi connectivity index (χ1n) is 11.5. The highest BCUT2D eigenvalue weighted by atomic mass is 35.5. The van der Waals surface area contributed by atoms with Crippen LogP contribution in [0.25, 0.3) is 21.0 Å². The fraction of sp³-hybridized carbons (Fsp3) is 0.238. The largest absolute Gasteiger partial charge is 0.420 e. The molecule has 0 saturated carbocycles. The molecule has 36 heavy (non-hydrogen) atoms. The number of thiophene rings is 1. The molecular formula is C21H22B4ClN5O4S. The minimum Gasteiger partial charge on any atom is -0.420 e.